The highest BCUT2D eigenvalue weighted by atomic mass is 127. The van der Waals surface area contributed by atoms with Crippen LogP contribution < -0.4 is 4.72 Å². The largest absolute Gasteiger partial charge is 0.459 e. The third-order valence-electron chi connectivity index (χ3n) is 3.87. The molecule has 1 aliphatic rings. The fourth-order valence-corrected chi connectivity index (χ4v) is 4.56. The molecule has 2 aromatic rings. The molecule has 3 rings (SSSR count). The van der Waals surface area contributed by atoms with Crippen molar-refractivity contribution in [3.63, 3.8) is 0 Å². The monoisotopic (exact) mass is 505 g/mol. The van der Waals surface area contributed by atoms with Crippen molar-refractivity contribution in [2.75, 3.05) is 0 Å². The molecule has 146 valence electrons. The third kappa shape index (κ3) is 4.78. The van der Waals surface area contributed by atoms with Crippen LogP contribution in [-0.2, 0) is 26.1 Å². The van der Waals surface area contributed by atoms with Gasteiger partial charge >= 0.3 is 5.97 Å². The van der Waals surface area contributed by atoms with Crippen molar-refractivity contribution >= 4 is 55.4 Å². The topological polar surface area (TPSA) is 107 Å². The zero-order valence-electron chi connectivity index (χ0n) is 15.2. The SMILES string of the molecule is CC(C)(C)OC(=O)Cn1nc(I)c2ccc(C(=O)NS(=O)(=O)C3CC3)cc21. The van der Waals surface area contributed by atoms with Crippen LogP contribution in [0.4, 0.5) is 0 Å². The van der Waals surface area contributed by atoms with Crippen LogP contribution in [0.5, 0.6) is 0 Å². The number of amides is 1. The second kappa shape index (κ2) is 7.04. The molecule has 1 heterocycles. The average Bonchev–Trinajstić information content (AvgIpc) is 3.33. The molecule has 1 saturated carbocycles. The molecule has 0 spiro atoms. The molecule has 27 heavy (non-hydrogen) atoms. The van der Waals surface area contributed by atoms with Gasteiger partial charge in [-0.15, -0.1) is 0 Å². The highest BCUT2D eigenvalue weighted by molar-refractivity contribution is 14.1. The van der Waals surface area contributed by atoms with Crippen LogP contribution in [0.1, 0.15) is 44.0 Å². The van der Waals surface area contributed by atoms with Gasteiger partial charge in [-0.25, -0.2) is 13.1 Å². The molecule has 1 fully saturated rings. The van der Waals surface area contributed by atoms with Crippen molar-refractivity contribution in [3.8, 4) is 0 Å². The van der Waals surface area contributed by atoms with Crippen molar-refractivity contribution in [3.05, 3.63) is 27.5 Å². The molecule has 1 aromatic carbocycles. The first-order chi connectivity index (χ1) is 12.5. The van der Waals surface area contributed by atoms with E-state index in [9.17, 15) is 18.0 Å². The van der Waals surface area contributed by atoms with Gasteiger partial charge in [0, 0.05) is 10.9 Å². The summed E-state index contributed by atoms with van der Waals surface area (Å²) in [6.07, 6.45) is 1.14. The van der Waals surface area contributed by atoms with Crippen LogP contribution in [0.25, 0.3) is 10.9 Å². The normalized spacial score (nSPS) is 15.0. The number of aromatic nitrogens is 2. The van der Waals surface area contributed by atoms with E-state index in [1.54, 1.807) is 32.9 Å². The molecule has 1 amide bonds. The molecule has 0 aliphatic heterocycles. The predicted molar refractivity (Wildman–Crippen MR) is 108 cm³/mol. The Labute approximate surface area is 170 Å². The van der Waals surface area contributed by atoms with E-state index in [0.29, 0.717) is 22.1 Å². The first kappa shape index (κ1) is 20.1. The predicted octanol–water partition coefficient (Wildman–Crippen LogP) is 2.20. The molecule has 1 aromatic heterocycles. The summed E-state index contributed by atoms with van der Waals surface area (Å²) >= 11 is 2.04. The molecule has 0 unspecified atom stereocenters. The van der Waals surface area contributed by atoms with Gasteiger partial charge in [0.25, 0.3) is 5.91 Å². The van der Waals surface area contributed by atoms with Gasteiger partial charge in [0.05, 0.1) is 10.8 Å². The first-order valence-corrected chi connectivity index (χ1v) is 11.0. The van der Waals surface area contributed by atoms with E-state index in [0.717, 1.165) is 5.39 Å². The Kier molecular flexibility index (Phi) is 5.23. The maximum absolute atomic E-state index is 12.4. The number of carbonyl (C=O) groups excluding carboxylic acids is 2. The minimum Gasteiger partial charge on any atom is -0.459 e. The van der Waals surface area contributed by atoms with Gasteiger partial charge in [-0.3, -0.25) is 14.3 Å². The molecule has 0 saturated heterocycles. The summed E-state index contributed by atoms with van der Waals surface area (Å²) in [5.41, 5.74) is 0.130. The Morgan fingerprint density at radius 1 is 1.33 bits per heavy atom. The summed E-state index contributed by atoms with van der Waals surface area (Å²) < 4.78 is 33.5. The molecule has 1 aliphatic carbocycles. The average molecular weight is 505 g/mol. The summed E-state index contributed by atoms with van der Waals surface area (Å²) in [5.74, 6) is -1.14. The maximum atomic E-state index is 12.4. The second-order valence-electron chi connectivity index (χ2n) is 7.44. The number of benzene rings is 1. The maximum Gasteiger partial charge on any atom is 0.328 e. The van der Waals surface area contributed by atoms with Crippen LogP contribution in [0.3, 0.4) is 0 Å². The first-order valence-electron chi connectivity index (χ1n) is 8.40. The lowest BCUT2D eigenvalue weighted by atomic mass is 10.1. The van der Waals surface area contributed by atoms with Gasteiger partial charge in [0.15, 0.2) is 0 Å². The molecule has 1 N–H and O–H groups in total. The van der Waals surface area contributed by atoms with Gasteiger partial charge in [-0.2, -0.15) is 5.10 Å². The smallest absolute Gasteiger partial charge is 0.328 e. The van der Waals surface area contributed by atoms with Gasteiger partial charge in [0.2, 0.25) is 10.0 Å². The van der Waals surface area contributed by atoms with Gasteiger partial charge < -0.3 is 4.74 Å². The van der Waals surface area contributed by atoms with E-state index in [-0.39, 0.29) is 12.1 Å². The molecular formula is C17H20IN3O5S. The number of ether oxygens (including phenoxy) is 1. The number of carbonyl (C=O) groups is 2. The van der Waals surface area contributed by atoms with Crippen LogP contribution in [0.15, 0.2) is 18.2 Å². The van der Waals surface area contributed by atoms with Crippen molar-refractivity contribution in [1.29, 1.82) is 0 Å². The highest BCUT2D eigenvalue weighted by Crippen LogP contribution is 2.28. The van der Waals surface area contributed by atoms with E-state index in [1.807, 2.05) is 22.6 Å². The Morgan fingerprint density at radius 3 is 2.59 bits per heavy atom. The minimum absolute atomic E-state index is 0.109. The lowest BCUT2D eigenvalue weighted by Gasteiger charge is -2.19. The fourth-order valence-electron chi connectivity index (χ4n) is 2.54. The molecule has 0 bridgehead atoms. The highest BCUT2D eigenvalue weighted by Gasteiger charge is 2.37. The van der Waals surface area contributed by atoms with Crippen molar-refractivity contribution < 1.29 is 22.7 Å². The Morgan fingerprint density at radius 2 is 2.00 bits per heavy atom. The summed E-state index contributed by atoms with van der Waals surface area (Å²) in [4.78, 5) is 24.5. The molecular weight excluding hydrogens is 485 g/mol. The number of sulfonamides is 1. The van der Waals surface area contributed by atoms with Crippen LogP contribution in [0, 0.1) is 3.70 Å². The lowest BCUT2D eigenvalue weighted by molar-refractivity contribution is -0.155. The number of nitrogens with zero attached hydrogens (tertiary/aromatic N) is 2. The van der Waals surface area contributed by atoms with Gasteiger partial charge in [-0.1, -0.05) is 0 Å². The summed E-state index contributed by atoms with van der Waals surface area (Å²) in [5, 5.41) is 4.61. The summed E-state index contributed by atoms with van der Waals surface area (Å²) in [6, 6.07) is 4.77. The standard InChI is InChI=1S/C17H20IN3O5S/c1-17(2,3)26-14(22)9-21-13-8-10(4-7-12(13)15(18)19-21)16(23)20-27(24,25)11-5-6-11/h4,7-8,11H,5-6,9H2,1-3H3,(H,20,23). The van der Waals surface area contributed by atoms with Gasteiger partial charge in [0.1, 0.15) is 15.8 Å². The van der Waals surface area contributed by atoms with Crippen LogP contribution in [-0.4, -0.2) is 40.9 Å². The second-order valence-corrected chi connectivity index (χ2v) is 10.4. The van der Waals surface area contributed by atoms with Crippen LogP contribution in [0.2, 0.25) is 0 Å². The van der Waals surface area contributed by atoms with Gasteiger partial charge in [-0.05, 0) is 74.4 Å². The number of halogens is 1. The van der Waals surface area contributed by atoms with Crippen molar-refractivity contribution in [2.24, 2.45) is 0 Å². The van der Waals surface area contributed by atoms with Crippen LogP contribution >= 0.6 is 22.6 Å². The number of hydrogen-bond donors (Lipinski definition) is 1. The van der Waals surface area contributed by atoms with E-state index in [1.165, 1.54) is 10.7 Å². The molecule has 10 heteroatoms. The zero-order chi connectivity index (χ0) is 20.0. The zero-order valence-corrected chi connectivity index (χ0v) is 18.1. The van der Waals surface area contributed by atoms with E-state index in [2.05, 4.69) is 9.82 Å². The van der Waals surface area contributed by atoms with E-state index < -0.39 is 32.8 Å². The third-order valence-corrected chi connectivity index (χ3v) is 6.48. The minimum atomic E-state index is -3.63. The fraction of sp³-hybridized carbons (Fsp3) is 0.471. The Bertz CT molecular complexity index is 1020. The van der Waals surface area contributed by atoms with E-state index >= 15 is 0 Å². The number of hydrogen-bond acceptors (Lipinski definition) is 6. The summed E-state index contributed by atoms with van der Waals surface area (Å²) in [6.45, 7) is 5.22. The quantitative estimate of drug-likeness (QED) is 0.494. The number of nitrogens with one attached hydrogen (secondary N) is 1. The van der Waals surface area contributed by atoms with E-state index in [4.69, 9.17) is 4.74 Å². The van der Waals surface area contributed by atoms with Crippen molar-refractivity contribution in [1.82, 2.24) is 14.5 Å². The lowest BCUT2D eigenvalue weighted by Crippen LogP contribution is -2.33. The van der Waals surface area contributed by atoms with Crippen molar-refractivity contribution in [2.45, 2.75) is 51.0 Å². The summed E-state index contributed by atoms with van der Waals surface area (Å²) in [7, 11) is -3.63. The Balaban J connectivity index is 1.87. The Hall–Kier alpha value is -1.69. The molecule has 0 atom stereocenters. The number of esters is 1. The molecule has 0 radical (unpaired) electrons. The number of fused-ring (bicyclic) bond motifs is 1. The molecule has 8 nitrogen and oxygen atoms in total. The number of rotatable bonds is 5.